The van der Waals surface area contributed by atoms with Gasteiger partial charge in [-0.3, -0.25) is 10.1 Å². The summed E-state index contributed by atoms with van der Waals surface area (Å²) in [6.07, 6.45) is 1.75. The van der Waals surface area contributed by atoms with Crippen LogP contribution in [-0.4, -0.2) is 11.0 Å². The van der Waals surface area contributed by atoms with Gasteiger partial charge in [0.15, 0.2) is 0 Å². The lowest BCUT2D eigenvalue weighted by molar-refractivity contribution is -0.384. The van der Waals surface area contributed by atoms with Crippen LogP contribution in [0.4, 0.5) is 5.69 Å². The van der Waals surface area contributed by atoms with Crippen molar-refractivity contribution in [3.63, 3.8) is 0 Å². The van der Waals surface area contributed by atoms with Crippen LogP contribution >= 0.6 is 0 Å². The van der Waals surface area contributed by atoms with E-state index < -0.39 is 0 Å². The van der Waals surface area contributed by atoms with Gasteiger partial charge >= 0.3 is 0 Å². The molecule has 0 saturated heterocycles. The Balaban J connectivity index is 2.75. The normalized spacial score (nSPS) is 12.8. The molecule has 0 bridgehead atoms. The fourth-order valence-electron chi connectivity index (χ4n) is 1.99. The van der Waals surface area contributed by atoms with Gasteiger partial charge in [0.05, 0.1) is 4.92 Å². The van der Waals surface area contributed by atoms with Gasteiger partial charge in [-0.25, -0.2) is 0 Å². The molecule has 0 amide bonds. The number of benzene rings is 1. The van der Waals surface area contributed by atoms with E-state index in [0.717, 1.165) is 24.0 Å². The summed E-state index contributed by atoms with van der Waals surface area (Å²) in [7, 11) is 0. The van der Waals surface area contributed by atoms with E-state index in [1.54, 1.807) is 12.1 Å². The Morgan fingerprint density at radius 1 is 1.41 bits per heavy atom. The smallest absolute Gasteiger partial charge is 0.269 e. The molecule has 1 rings (SSSR count). The molecule has 1 unspecified atom stereocenters. The second-order valence-electron chi connectivity index (χ2n) is 4.96. The maximum Gasteiger partial charge on any atom is 0.269 e. The van der Waals surface area contributed by atoms with Crippen molar-refractivity contribution >= 4 is 5.69 Å². The van der Waals surface area contributed by atoms with Gasteiger partial charge < -0.3 is 5.73 Å². The summed E-state index contributed by atoms with van der Waals surface area (Å²) in [4.78, 5) is 10.2. The first-order valence-corrected chi connectivity index (χ1v) is 5.89. The quantitative estimate of drug-likeness (QED) is 0.631. The molecule has 4 heteroatoms. The highest BCUT2D eigenvalue weighted by Gasteiger charge is 2.11. The van der Waals surface area contributed by atoms with Gasteiger partial charge in [-0.15, -0.1) is 0 Å². The lowest BCUT2D eigenvalue weighted by atomic mass is 9.95. The van der Waals surface area contributed by atoms with Gasteiger partial charge in [0.1, 0.15) is 0 Å². The lowest BCUT2D eigenvalue weighted by Gasteiger charge is -2.15. The largest absolute Gasteiger partial charge is 0.327 e. The predicted octanol–water partition coefficient (Wildman–Crippen LogP) is 2.82. The summed E-state index contributed by atoms with van der Waals surface area (Å²) in [6.45, 7) is 6.18. The zero-order chi connectivity index (χ0) is 13.0. The highest BCUT2D eigenvalue weighted by atomic mass is 16.6. The summed E-state index contributed by atoms with van der Waals surface area (Å²) < 4.78 is 0. The van der Waals surface area contributed by atoms with Crippen molar-refractivity contribution in [1.29, 1.82) is 0 Å². The number of nitro groups is 1. The van der Waals surface area contributed by atoms with Crippen molar-refractivity contribution in [3.8, 4) is 0 Å². The second-order valence-corrected chi connectivity index (χ2v) is 4.96. The Morgan fingerprint density at radius 2 is 2.06 bits per heavy atom. The van der Waals surface area contributed by atoms with E-state index in [2.05, 4.69) is 13.8 Å². The zero-order valence-corrected chi connectivity index (χ0v) is 10.6. The van der Waals surface area contributed by atoms with Crippen molar-refractivity contribution in [1.82, 2.24) is 0 Å². The average Bonchev–Trinajstić information content (AvgIpc) is 2.19. The second kappa shape index (κ2) is 5.77. The number of non-ortho nitro benzene ring substituents is 1. The number of rotatable bonds is 5. The van der Waals surface area contributed by atoms with Gasteiger partial charge in [0.2, 0.25) is 0 Å². The molecule has 0 heterocycles. The van der Waals surface area contributed by atoms with Gasteiger partial charge in [0.25, 0.3) is 5.69 Å². The standard InChI is InChI=1S/C13H20N2O2/c1-9(2)6-12(14)8-11-4-5-13(15(16)17)7-10(11)3/h4-5,7,9,12H,6,8,14H2,1-3H3. The Kier molecular flexibility index (Phi) is 4.63. The minimum atomic E-state index is -0.370. The van der Waals surface area contributed by atoms with Gasteiger partial charge in [-0.1, -0.05) is 19.9 Å². The molecule has 0 aliphatic carbocycles. The minimum Gasteiger partial charge on any atom is -0.327 e. The molecule has 0 fully saturated rings. The number of aryl methyl sites for hydroxylation is 1. The van der Waals surface area contributed by atoms with E-state index in [-0.39, 0.29) is 16.7 Å². The molecule has 0 aliphatic heterocycles. The molecule has 4 nitrogen and oxygen atoms in total. The molecule has 0 aromatic heterocycles. The lowest BCUT2D eigenvalue weighted by Crippen LogP contribution is -2.25. The Bertz CT molecular complexity index is 402. The molecule has 94 valence electrons. The molecule has 0 spiro atoms. The third-order valence-corrected chi connectivity index (χ3v) is 2.79. The van der Waals surface area contributed by atoms with E-state index in [9.17, 15) is 10.1 Å². The van der Waals surface area contributed by atoms with Gasteiger partial charge in [-0.05, 0) is 36.8 Å². The molecule has 0 radical (unpaired) electrons. The molecular weight excluding hydrogens is 216 g/mol. The average molecular weight is 236 g/mol. The van der Waals surface area contributed by atoms with Crippen molar-refractivity contribution in [3.05, 3.63) is 39.4 Å². The first-order valence-electron chi connectivity index (χ1n) is 5.89. The number of hydrogen-bond acceptors (Lipinski definition) is 3. The van der Waals surface area contributed by atoms with Crippen LogP contribution in [0.5, 0.6) is 0 Å². The topological polar surface area (TPSA) is 69.2 Å². The first kappa shape index (κ1) is 13.6. The summed E-state index contributed by atoms with van der Waals surface area (Å²) in [5.74, 6) is 0.573. The predicted molar refractivity (Wildman–Crippen MR) is 69.0 cm³/mol. The van der Waals surface area contributed by atoms with Gasteiger partial charge in [0, 0.05) is 18.2 Å². The van der Waals surface area contributed by atoms with Crippen LogP contribution in [0.3, 0.4) is 0 Å². The maximum absolute atomic E-state index is 10.6. The summed E-state index contributed by atoms with van der Waals surface area (Å²) >= 11 is 0. The van der Waals surface area contributed by atoms with Crippen molar-refractivity contribution in [2.75, 3.05) is 0 Å². The highest BCUT2D eigenvalue weighted by Crippen LogP contribution is 2.19. The molecule has 2 N–H and O–H groups in total. The van der Waals surface area contributed by atoms with E-state index in [4.69, 9.17) is 5.73 Å². The monoisotopic (exact) mass is 236 g/mol. The van der Waals surface area contributed by atoms with E-state index >= 15 is 0 Å². The van der Waals surface area contributed by atoms with Crippen molar-refractivity contribution in [2.24, 2.45) is 11.7 Å². The zero-order valence-electron chi connectivity index (χ0n) is 10.6. The van der Waals surface area contributed by atoms with Crippen LogP contribution in [0, 0.1) is 23.0 Å². The third-order valence-electron chi connectivity index (χ3n) is 2.79. The summed E-state index contributed by atoms with van der Waals surface area (Å²) in [5, 5.41) is 10.6. The Labute approximate surface area is 102 Å². The van der Waals surface area contributed by atoms with Crippen LogP contribution in [0.1, 0.15) is 31.4 Å². The third kappa shape index (κ3) is 4.15. The van der Waals surface area contributed by atoms with Crippen LogP contribution in [0.15, 0.2) is 18.2 Å². The SMILES string of the molecule is Cc1cc([N+](=O)[O-])ccc1CC(N)CC(C)C. The number of nitro benzene ring substituents is 1. The fourth-order valence-corrected chi connectivity index (χ4v) is 1.99. The minimum absolute atomic E-state index is 0.121. The molecule has 0 aliphatic rings. The van der Waals surface area contributed by atoms with Crippen LogP contribution in [-0.2, 0) is 6.42 Å². The molecule has 17 heavy (non-hydrogen) atoms. The van der Waals surface area contributed by atoms with Gasteiger partial charge in [-0.2, -0.15) is 0 Å². The van der Waals surface area contributed by atoms with E-state index in [1.807, 2.05) is 13.0 Å². The Hall–Kier alpha value is -1.42. The van der Waals surface area contributed by atoms with Crippen molar-refractivity contribution in [2.45, 2.75) is 39.7 Å². The molecule has 1 aromatic rings. The highest BCUT2D eigenvalue weighted by molar-refractivity contribution is 5.39. The summed E-state index contributed by atoms with van der Waals surface area (Å²) in [6, 6.07) is 5.09. The van der Waals surface area contributed by atoms with E-state index in [1.165, 1.54) is 0 Å². The van der Waals surface area contributed by atoms with E-state index in [0.29, 0.717) is 5.92 Å². The van der Waals surface area contributed by atoms with Crippen LogP contribution in [0.2, 0.25) is 0 Å². The number of hydrogen-bond donors (Lipinski definition) is 1. The first-order chi connectivity index (χ1) is 7.90. The Morgan fingerprint density at radius 3 is 2.53 bits per heavy atom. The molecule has 0 saturated carbocycles. The van der Waals surface area contributed by atoms with Crippen LogP contribution < -0.4 is 5.73 Å². The molecule has 1 atom stereocenters. The fraction of sp³-hybridized carbons (Fsp3) is 0.538. The number of nitrogens with two attached hydrogens (primary N) is 1. The number of nitrogens with zero attached hydrogens (tertiary/aromatic N) is 1. The summed E-state index contributed by atoms with van der Waals surface area (Å²) in [5.41, 5.74) is 8.23. The molecule has 1 aromatic carbocycles. The van der Waals surface area contributed by atoms with Crippen molar-refractivity contribution < 1.29 is 4.92 Å². The maximum atomic E-state index is 10.6. The van der Waals surface area contributed by atoms with Crippen LogP contribution in [0.25, 0.3) is 0 Å². The molecular formula is C13H20N2O2.